The number of amides is 4. The third-order valence-electron chi connectivity index (χ3n) is 7.68. The molecule has 0 heterocycles. The van der Waals surface area contributed by atoms with Gasteiger partial charge in [0.1, 0.15) is 18.1 Å². The standard InChI is InChI=1S/C33H61N5O6/c1-20(2)16-17-34-29(23(7)8)33(43)37-26(14-15-28(39)44-19-22(5)6)31(41)38-27(18-21(3)4)32(42)35-24(9)30(40)36-25-12-10-11-13-25/h20-27,29,34H,10-19H2,1-9H3,(H,35,42)(H,36,40)(H,37,43)(H,38,41). The summed E-state index contributed by atoms with van der Waals surface area (Å²) in [6, 6.07) is -3.18. The van der Waals surface area contributed by atoms with Gasteiger partial charge in [0.15, 0.2) is 0 Å². The second kappa shape index (κ2) is 20.4. The quantitative estimate of drug-likeness (QED) is 0.131. The van der Waals surface area contributed by atoms with Gasteiger partial charge in [-0.15, -0.1) is 0 Å². The van der Waals surface area contributed by atoms with Crippen LogP contribution in [0.25, 0.3) is 0 Å². The van der Waals surface area contributed by atoms with E-state index in [0.717, 1.165) is 32.1 Å². The van der Waals surface area contributed by atoms with Crippen LogP contribution in [0.5, 0.6) is 0 Å². The number of carbonyl (C=O) groups is 5. The van der Waals surface area contributed by atoms with Gasteiger partial charge < -0.3 is 31.3 Å². The minimum absolute atomic E-state index is 0.0154. The lowest BCUT2D eigenvalue weighted by Gasteiger charge is -2.28. The molecule has 1 aliphatic carbocycles. The first-order chi connectivity index (χ1) is 20.6. The molecule has 11 nitrogen and oxygen atoms in total. The second-order valence-electron chi connectivity index (χ2n) is 13.9. The SMILES string of the molecule is CC(C)CCNC(C(=O)NC(CCC(=O)OCC(C)C)C(=O)NC(CC(C)C)C(=O)NC(C)C(=O)NC1CCCC1)C(C)C. The van der Waals surface area contributed by atoms with Crippen molar-refractivity contribution in [2.24, 2.45) is 23.7 Å². The fourth-order valence-electron chi connectivity index (χ4n) is 5.03. The highest BCUT2D eigenvalue weighted by atomic mass is 16.5. The first kappa shape index (κ1) is 39.3. The molecule has 4 atom stereocenters. The summed E-state index contributed by atoms with van der Waals surface area (Å²) >= 11 is 0. The number of esters is 1. The van der Waals surface area contributed by atoms with Crippen LogP contribution >= 0.6 is 0 Å². The molecule has 5 N–H and O–H groups in total. The van der Waals surface area contributed by atoms with E-state index in [1.54, 1.807) is 6.92 Å². The second-order valence-corrected chi connectivity index (χ2v) is 13.9. The third kappa shape index (κ3) is 15.9. The molecule has 11 heteroatoms. The van der Waals surface area contributed by atoms with Crippen LogP contribution in [0.2, 0.25) is 0 Å². The molecule has 4 amide bonds. The minimum atomic E-state index is -1.06. The molecule has 0 aromatic rings. The van der Waals surface area contributed by atoms with E-state index in [1.807, 2.05) is 41.5 Å². The normalized spacial score (nSPS) is 16.5. The molecule has 0 saturated heterocycles. The van der Waals surface area contributed by atoms with Gasteiger partial charge in [-0.3, -0.25) is 24.0 Å². The molecule has 1 fully saturated rings. The Bertz CT molecular complexity index is 916. The van der Waals surface area contributed by atoms with Gasteiger partial charge in [0.25, 0.3) is 0 Å². The molecule has 1 saturated carbocycles. The zero-order chi connectivity index (χ0) is 33.4. The first-order valence-corrected chi connectivity index (χ1v) is 16.7. The maximum Gasteiger partial charge on any atom is 0.305 e. The molecule has 1 aliphatic rings. The summed E-state index contributed by atoms with van der Waals surface area (Å²) in [5.41, 5.74) is 0. The van der Waals surface area contributed by atoms with Crippen LogP contribution in [0, 0.1) is 23.7 Å². The fourth-order valence-corrected chi connectivity index (χ4v) is 5.03. The van der Waals surface area contributed by atoms with Crippen molar-refractivity contribution in [2.75, 3.05) is 13.2 Å². The first-order valence-electron chi connectivity index (χ1n) is 16.7. The largest absolute Gasteiger partial charge is 0.465 e. The lowest BCUT2D eigenvalue weighted by atomic mass is 10.00. The number of hydrogen-bond donors (Lipinski definition) is 5. The summed E-state index contributed by atoms with van der Waals surface area (Å²) in [5, 5.41) is 14.7. The highest BCUT2D eigenvalue weighted by Crippen LogP contribution is 2.17. The van der Waals surface area contributed by atoms with Crippen molar-refractivity contribution in [1.82, 2.24) is 26.6 Å². The van der Waals surface area contributed by atoms with Gasteiger partial charge in [-0.05, 0) is 69.2 Å². The Balaban J connectivity index is 3.03. The summed E-state index contributed by atoms with van der Waals surface area (Å²) in [5.74, 6) is -1.45. The van der Waals surface area contributed by atoms with Gasteiger partial charge in [0, 0.05) is 12.5 Å². The van der Waals surface area contributed by atoms with Crippen LogP contribution in [0.3, 0.4) is 0 Å². The Labute approximate surface area is 265 Å². The van der Waals surface area contributed by atoms with E-state index in [2.05, 4.69) is 40.4 Å². The molecule has 0 aromatic heterocycles. The third-order valence-corrected chi connectivity index (χ3v) is 7.68. The molecular weight excluding hydrogens is 562 g/mol. The summed E-state index contributed by atoms with van der Waals surface area (Å²) in [6.07, 6.45) is 5.19. The minimum Gasteiger partial charge on any atom is -0.465 e. The summed E-state index contributed by atoms with van der Waals surface area (Å²) in [4.78, 5) is 65.5. The van der Waals surface area contributed by atoms with E-state index in [1.165, 1.54) is 0 Å². The average molecular weight is 624 g/mol. The van der Waals surface area contributed by atoms with Crippen LogP contribution in [-0.2, 0) is 28.7 Å². The maximum absolute atomic E-state index is 13.6. The molecule has 0 radical (unpaired) electrons. The molecule has 4 unspecified atom stereocenters. The number of nitrogens with one attached hydrogen (secondary N) is 5. The van der Waals surface area contributed by atoms with Gasteiger partial charge in [0.2, 0.25) is 23.6 Å². The van der Waals surface area contributed by atoms with Crippen molar-refractivity contribution in [3.05, 3.63) is 0 Å². The smallest absolute Gasteiger partial charge is 0.305 e. The van der Waals surface area contributed by atoms with Gasteiger partial charge in [-0.1, -0.05) is 68.2 Å². The Kier molecular flexibility index (Phi) is 18.2. The van der Waals surface area contributed by atoms with Crippen LogP contribution in [0.1, 0.15) is 114 Å². The highest BCUT2D eigenvalue weighted by molar-refractivity contribution is 5.95. The number of rotatable bonds is 20. The number of ether oxygens (including phenoxy) is 1. The van der Waals surface area contributed by atoms with Crippen molar-refractivity contribution in [2.45, 2.75) is 144 Å². The van der Waals surface area contributed by atoms with Gasteiger partial charge in [-0.2, -0.15) is 0 Å². The molecule has 0 spiro atoms. The van der Waals surface area contributed by atoms with Crippen LogP contribution in [0.4, 0.5) is 0 Å². The number of carbonyl (C=O) groups excluding carboxylic acids is 5. The predicted molar refractivity (Wildman–Crippen MR) is 172 cm³/mol. The van der Waals surface area contributed by atoms with E-state index in [0.29, 0.717) is 18.9 Å². The lowest BCUT2D eigenvalue weighted by molar-refractivity contribution is -0.145. The summed E-state index contributed by atoms with van der Waals surface area (Å²) in [7, 11) is 0. The molecule has 0 aromatic carbocycles. The highest BCUT2D eigenvalue weighted by Gasteiger charge is 2.32. The van der Waals surface area contributed by atoms with Crippen molar-refractivity contribution in [3.63, 3.8) is 0 Å². The molecular formula is C33H61N5O6. The summed E-state index contributed by atoms with van der Waals surface area (Å²) < 4.78 is 5.29. The van der Waals surface area contributed by atoms with Crippen LogP contribution in [0.15, 0.2) is 0 Å². The van der Waals surface area contributed by atoms with E-state index in [9.17, 15) is 24.0 Å². The average Bonchev–Trinajstić information content (AvgIpc) is 3.43. The zero-order valence-electron chi connectivity index (χ0n) is 28.7. The Morgan fingerprint density at radius 2 is 1.27 bits per heavy atom. The van der Waals surface area contributed by atoms with Crippen molar-refractivity contribution in [1.29, 1.82) is 0 Å². The van der Waals surface area contributed by atoms with Crippen molar-refractivity contribution >= 4 is 29.6 Å². The molecule has 1 rings (SSSR count). The van der Waals surface area contributed by atoms with E-state index >= 15 is 0 Å². The Morgan fingerprint density at radius 1 is 0.682 bits per heavy atom. The molecule has 0 aliphatic heterocycles. The van der Waals surface area contributed by atoms with Crippen molar-refractivity contribution in [3.8, 4) is 0 Å². The van der Waals surface area contributed by atoms with E-state index in [4.69, 9.17) is 4.74 Å². The topological polar surface area (TPSA) is 155 Å². The van der Waals surface area contributed by atoms with Crippen LogP contribution < -0.4 is 26.6 Å². The van der Waals surface area contributed by atoms with Gasteiger partial charge in [-0.25, -0.2) is 0 Å². The number of hydrogen-bond acceptors (Lipinski definition) is 7. The molecule has 254 valence electrons. The van der Waals surface area contributed by atoms with Gasteiger partial charge in [0.05, 0.1) is 12.6 Å². The Morgan fingerprint density at radius 3 is 1.82 bits per heavy atom. The Hall–Kier alpha value is -2.69. The maximum atomic E-state index is 13.6. The monoisotopic (exact) mass is 623 g/mol. The van der Waals surface area contributed by atoms with Gasteiger partial charge >= 0.3 is 5.97 Å². The van der Waals surface area contributed by atoms with E-state index in [-0.39, 0.29) is 55.1 Å². The molecule has 44 heavy (non-hydrogen) atoms. The van der Waals surface area contributed by atoms with Crippen LogP contribution in [-0.4, -0.2) is 73.0 Å². The van der Waals surface area contributed by atoms with Crippen molar-refractivity contribution < 1.29 is 28.7 Å². The summed E-state index contributed by atoms with van der Waals surface area (Å²) in [6.45, 7) is 18.3. The van der Waals surface area contributed by atoms with E-state index < -0.39 is 42.0 Å². The zero-order valence-corrected chi connectivity index (χ0v) is 28.7. The predicted octanol–water partition coefficient (Wildman–Crippen LogP) is 3.21. The fraction of sp³-hybridized carbons (Fsp3) is 0.848. The lowest BCUT2D eigenvalue weighted by Crippen LogP contribution is -2.58. The molecule has 0 bridgehead atoms.